The Hall–Kier alpha value is -2.05. The van der Waals surface area contributed by atoms with Gasteiger partial charge in [-0.05, 0) is 19.8 Å². The maximum absolute atomic E-state index is 12.4. The smallest absolute Gasteiger partial charge is 0.333 e. The lowest BCUT2D eigenvalue weighted by molar-refractivity contribution is -0.163. The number of esters is 3. The standard InChI is InChI=1S/C51H96O11/c1-5-7-9-11-13-15-17-19-21-23-25-27-29-31-36-60-50(61-37-32-30-28-26-24-22-20-18-16-14-12-10-8-6-2)35-38-58-48(52)33-34-49(53)59-45-43-56-41-39-55-40-42-57-44-46-62-51(54)47(3)4/h50H,3,5-46H2,1-2,4H3. The Morgan fingerprint density at radius 3 is 1.00 bits per heavy atom. The monoisotopic (exact) mass is 885 g/mol. The van der Waals surface area contributed by atoms with Gasteiger partial charge in [0.25, 0.3) is 0 Å². The van der Waals surface area contributed by atoms with Gasteiger partial charge in [-0.25, -0.2) is 4.79 Å². The van der Waals surface area contributed by atoms with E-state index in [1.165, 1.54) is 154 Å². The van der Waals surface area contributed by atoms with E-state index in [1.54, 1.807) is 6.92 Å². The number of hydrogen-bond acceptors (Lipinski definition) is 11. The highest BCUT2D eigenvalue weighted by molar-refractivity contribution is 5.86. The van der Waals surface area contributed by atoms with E-state index in [0.717, 1.165) is 25.7 Å². The van der Waals surface area contributed by atoms with E-state index < -0.39 is 24.2 Å². The van der Waals surface area contributed by atoms with Crippen LogP contribution >= 0.6 is 0 Å². The van der Waals surface area contributed by atoms with Gasteiger partial charge in [-0.15, -0.1) is 0 Å². The predicted molar refractivity (Wildman–Crippen MR) is 250 cm³/mol. The van der Waals surface area contributed by atoms with Crippen LogP contribution in [0.15, 0.2) is 12.2 Å². The molecule has 0 N–H and O–H groups in total. The normalized spacial score (nSPS) is 11.4. The molecule has 0 unspecified atom stereocenters. The lowest BCUT2D eigenvalue weighted by Gasteiger charge is -2.19. The van der Waals surface area contributed by atoms with Gasteiger partial charge >= 0.3 is 17.9 Å². The second kappa shape index (κ2) is 50.0. The second-order valence-corrected chi connectivity index (χ2v) is 16.8. The van der Waals surface area contributed by atoms with Crippen LogP contribution in [0.1, 0.15) is 220 Å². The molecule has 0 fully saturated rings. The quantitative estimate of drug-likeness (QED) is 0.0191. The van der Waals surface area contributed by atoms with Gasteiger partial charge in [0.15, 0.2) is 6.29 Å². The van der Waals surface area contributed by atoms with Gasteiger partial charge in [0.05, 0.1) is 59.1 Å². The molecule has 0 saturated heterocycles. The summed E-state index contributed by atoms with van der Waals surface area (Å²) < 4.78 is 44.0. The van der Waals surface area contributed by atoms with E-state index in [1.807, 2.05) is 0 Å². The number of unbranched alkanes of at least 4 members (excludes halogenated alkanes) is 26. The summed E-state index contributed by atoms with van der Waals surface area (Å²) in [5.74, 6) is -1.35. The van der Waals surface area contributed by atoms with Crippen molar-refractivity contribution in [1.82, 2.24) is 0 Å². The van der Waals surface area contributed by atoms with Crippen molar-refractivity contribution in [1.29, 1.82) is 0 Å². The zero-order valence-corrected chi connectivity index (χ0v) is 40.5. The van der Waals surface area contributed by atoms with Crippen LogP contribution in [-0.4, -0.2) is 96.9 Å². The zero-order valence-electron chi connectivity index (χ0n) is 40.5. The second-order valence-electron chi connectivity index (χ2n) is 16.8. The molecule has 0 aliphatic heterocycles. The Kier molecular flexibility index (Phi) is 48.3. The fraction of sp³-hybridized carbons (Fsp3) is 0.902. The first-order chi connectivity index (χ1) is 30.4. The summed E-state index contributed by atoms with van der Waals surface area (Å²) >= 11 is 0. The molecule has 0 radical (unpaired) electrons. The lowest BCUT2D eigenvalue weighted by Crippen LogP contribution is -2.22. The van der Waals surface area contributed by atoms with Crippen LogP contribution in [0.25, 0.3) is 0 Å². The Balaban J connectivity index is 4.14. The molecule has 0 aliphatic rings. The molecule has 366 valence electrons. The Bertz CT molecular complexity index is 957. The first kappa shape index (κ1) is 60.0. The van der Waals surface area contributed by atoms with Crippen LogP contribution in [0.4, 0.5) is 0 Å². The highest BCUT2D eigenvalue weighted by Gasteiger charge is 2.14. The first-order valence-corrected chi connectivity index (χ1v) is 25.5. The lowest BCUT2D eigenvalue weighted by atomic mass is 10.0. The summed E-state index contributed by atoms with van der Waals surface area (Å²) in [5, 5.41) is 0. The molecule has 0 heterocycles. The van der Waals surface area contributed by atoms with Gasteiger partial charge < -0.3 is 37.9 Å². The molecule has 11 nitrogen and oxygen atoms in total. The van der Waals surface area contributed by atoms with Crippen LogP contribution in [0.5, 0.6) is 0 Å². The summed E-state index contributed by atoms with van der Waals surface area (Å²) in [6.45, 7) is 13.3. The third kappa shape index (κ3) is 47.4. The topological polar surface area (TPSA) is 125 Å². The molecule has 0 amide bonds. The van der Waals surface area contributed by atoms with Crippen molar-refractivity contribution in [3.63, 3.8) is 0 Å². The molecule has 0 aliphatic carbocycles. The maximum Gasteiger partial charge on any atom is 0.333 e. The van der Waals surface area contributed by atoms with Crippen LogP contribution in [-0.2, 0) is 52.3 Å². The molecule has 0 spiro atoms. The molecule has 0 bridgehead atoms. The largest absolute Gasteiger partial charge is 0.465 e. The van der Waals surface area contributed by atoms with E-state index >= 15 is 0 Å². The molecule has 11 heteroatoms. The number of ether oxygens (including phenoxy) is 8. The van der Waals surface area contributed by atoms with Crippen molar-refractivity contribution in [2.45, 2.75) is 226 Å². The Morgan fingerprint density at radius 1 is 0.371 bits per heavy atom. The van der Waals surface area contributed by atoms with E-state index in [0.29, 0.717) is 51.6 Å². The minimum absolute atomic E-state index is 0.0452. The van der Waals surface area contributed by atoms with E-state index in [9.17, 15) is 14.4 Å². The highest BCUT2D eigenvalue weighted by atomic mass is 16.7. The van der Waals surface area contributed by atoms with Crippen LogP contribution in [0, 0.1) is 0 Å². The molecule has 0 aromatic heterocycles. The summed E-state index contributed by atoms with van der Waals surface area (Å²) in [4.78, 5) is 35.8. The summed E-state index contributed by atoms with van der Waals surface area (Å²) in [6.07, 6.45) is 36.9. The molecule has 0 rings (SSSR count). The molecule has 62 heavy (non-hydrogen) atoms. The van der Waals surface area contributed by atoms with Gasteiger partial charge in [0.2, 0.25) is 0 Å². The van der Waals surface area contributed by atoms with Gasteiger partial charge in [-0.2, -0.15) is 0 Å². The van der Waals surface area contributed by atoms with Crippen LogP contribution in [0.2, 0.25) is 0 Å². The average molecular weight is 885 g/mol. The van der Waals surface area contributed by atoms with Gasteiger partial charge in [0.1, 0.15) is 13.2 Å². The molecular formula is C51H96O11. The molecular weight excluding hydrogens is 789 g/mol. The van der Waals surface area contributed by atoms with Crippen LogP contribution < -0.4 is 0 Å². The Morgan fingerprint density at radius 2 is 0.661 bits per heavy atom. The van der Waals surface area contributed by atoms with Gasteiger partial charge in [-0.1, -0.05) is 187 Å². The van der Waals surface area contributed by atoms with Crippen molar-refractivity contribution < 1.29 is 52.3 Å². The number of carbonyl (C=O) groups excluding carboxylic acids is 3. The third-order valence-electron chi connectivity index (χ3n) is 10.8. The zero-order chi connectivity index (χ0) is 45.2. The van der Waals surface area contributed by atoms with Crippen molar-refractivity contribution in [2.75, 3.05) is 72.7 Å². The summed E-state index contributed by atoms with van der Waals surface area (Å²) in [6, 6.07) is 0. The van der Waals surface area contributed by atoms with Gasteiger partial charge in [0, 0.05) is 25.2 Å². The number of hydrogen-bond donors (Lipinski definition) is 0. The fourth-order valence-corrected chi connectivity index (χ4v) is 6.93. The maximum atomic E-state index is 12.4. The first-order valence-electron chi connectivity index (χ1n) is 25.5. The van der Waals surface area contributed by atoms with E-state index in [4.69, 9.17) is 37.9 Å². The highest BCUT2D eigenvalue weighted by Crippen LogP contribution is 2.15. The molecule has 0 saturated carbocycles. The van der Waals surface area contributed by atoms with Crippen molar-refractivity contribution in [3.8, 4) is 0 Å². The van der Waals surface area contributed by atoms with E-state index in [2.05, 4.69) is 20.4 Å². The SMILES string of the molecule is C=C(C)C(=O)OCCOCCOCCOCCOC(=O)CCC(=O)OCCC(OCCCCCCCCCCCCCCCC)OCCCCCCCCCCCCCCCC. The predicted octanol–water partition coefficient (Wildman–Crippen LogP) is 12.7. The van der Waals surface area contributed by atoms with Gasteiger partial charge in [-0.3, -0.25) is 9.59 Å². The van der Waals surface area contributed by atoms with Crippen LogP contribution in [0.3, 0.4) is 0 Å². The minimum atomic E-state index is -0.473. The Labute approximate surface area is 380 Å². The summed E-state index contributed by atoms with van der Waals surface area (Å²) in [5.41, 5.74) is 0.352. The van der Waals surface area contributed by atoms with Crippen molar-refractivity contribution in [3.05, 3.63) is 12.2 Å². The molecule has 0 atom stereocenters. The minimum Gasteiger partial charge on any atom is -0.465 e. The average Bonchev–Trinajstić information content (AvgIpc) is 3.26. The van der Waals surface area contributed by atoms with E-state index in [-0.39, 0.29) is 45.9 Å². The summed E-state index contributed by atoms with van der Waals surface area (Å²) in [7, 11) is 0. The molecule has 0 aromatic carbocycles. The number of carbonyl (C=O) groups is 3. The van der Waals surface area contributed by atoms with Crippen molar-refractivity contribution in [2.24, 2.45) is 0 Å². The third-order valence-corrected chi connectivity index (χ3v) is 10.8. The fourth-order valence-electron chi connectivity index (χ4n) is 6.93. The van der Waals surface area contributed by atoms with Crippen molar-refractivity contribution >= 4 is 17.9 Å². The number of rotatable bonds is 51. The molecule has 0 aromatic rings.